The molecule has 0 amide bonds. The van der Waals surface area contributed by atoms with Gasteiger partial charge in [0.15, 0.2) is 0 Å². The monoisotopic (exact) mass is 181 g/mol. The fourth-order valence-corrected chi connectivity index (χ4v) is 3.72. The summed E-state index contributed by atoms with van der Waals surface area (Å²) in [7, 11) is 0. The lowest BCUT2D eigenvalue weighted by Crippen LogP contribution is -2.28. The lowest BCUT2D eigenvalue weighted by Gasteiger charge is -2.37. The number of rotatable bonds is 0. The standard InChI is InChI=1S/C12H23N/c1-10(2)6-5-7-12(8-10)9(13)11(12,3)4/h9H,5-8,13H2,1-4H3. The molecule has 2 N–H and O–H groups in total. The molecular formula is C12H23N. The molecule has 1 nitrogen and oxygen atoms in total. The minimum atomic E-state index is 0.407. The van der Waals surface area contributed by atoms with E-state index in [2.05, 4.69) is 27.7 Å². The van der Waals surface area contributed by atoms with Gasteiger partial charge in [0, 0.05) is 6.04 Å². The van der Waals surface area contributed by atoms with Crippen LogP contribution in [0.15, 0.2) is 0 Å². The van der Waals surface area contributed by atoms with Crippen LogP contribution < -0.4 is 5.73 Å². The molecule has 0 aromatic carbocycles. The second kappa shape index (κ2) is 2.31. The topological polar surface area (TPSA) is 26.0 Å². The van der Waals surface area contributed by atoms with E-state index in [0.29, 0.717) is 22.3 Å². The van der Waals surface area contributed by atoms with Gasteiger partial charge in [-0.2, -0.15) is 0 Å². The normalized spacial score (nSPS) is 46.4. The summed E-state index contributed by atoms with van der Waals surface area (Å²) in [4.78, 5) is 0. The Morgan fingerprint density at radius 1 is 1.08 bits per heavy atom. The van der Waals surface area contributed by atoms with Crippen molar-refractivity contribution in [3.8, 4) is 0 Å². The van der Waals surface area contributed by atoms with Crippen LogP contribution in [0.3, 0.4) is 0 Å². The minimum Gasteiger partial charge on any atom is -0.327 e. The summed E-state index contributed by atoms with van der Waals surface area (Å²) in [5, 5.41) is 0. The van der Waals surface area contributed by atoms with Crippen LogP contribution in [0.5, 0.6) is 0 Å². The molecular weight excluding hydrogens is 158 g/mol. The highest BCUT2D eigenvalue weighted by molar-refractivity contribution is 5.22. The van der Waals surface area contributed by atoms with Crippen LogP contribution in [0.25, 0.3) is 0 Å². The third-order valence-electron chi connectivity index (χ3n) is 4.84. The van der Waals surface area contributed by atoms with Crippen molar-refractivity contribution in [2.45, 2.75) is 59.4 Å². The van der Waals surface area contributed by atoms with Crippen LogP contribution in [0, 0.1) is 16.2 Å². The summed E-state index contributed by atoms with van der Waals surface area (Å²) in [6, 6.07) is 0.458. The molecule has 2 rings (SSSR count). The Bertz CT molecular complexity index is 229. The molecule has 0 bridgehead atoms. The quantitative estimate of drug-likeness (QED) is 0.611. The molecule has 2 aliphatic carbocycles. The Labute approximate surface area is 82.1 Å². The average molecular weight is 181 g/mol. The molecule has 2 fully saturated rings. The maximum Gasteiger partial charge on any atom is 0.0159 e. The highest BCUT2D eigenvalue weighted by atomic mass is 14.9. The van der Waals surface area contributed by atoms with Crippen LogP contribution in [-0.4, -0.2) is 6.04 Å². The predicted octanol–water partition coefficient (Wildman–Crippen LogP) is 2.94. The van der Waals surface area contributed by atoms with Crippen molar-refractivity contribution in [2.24, 2.45) is 22.0 Å². The zero-order valence-electron chi connectivity index (χ0n) is 9.48. The van der Waals surface area contributed by atoms with Gasteiger partial charge in [-0.1, -0.05) is 34.1 Å². The second-order valence-corrected chi connectivity index (χ2v) is 6.55. The molecule has 0 aliphatic heterocycles. The largest absolute Gasteiger partial charge is 0.327 e. The van der Waals surface area contributed by atoms with Gasteiger partial charge in [-0.05, 0) is 35.5 Å². The van der Waals surface area contributed by atoms with Crippen LogP contribution >= 0.6 is 0 Å². The van der Waals surface area contributed by atoms with E-state index < -0.39 is 0 Å². The minimum absolute atomic E-state index is 0.407. The Kier molecular flexibility index (Phi) is 1.69. The maximum absolute atomic E-state index is 6.23. The van der Waals surface area contributed by atoms with Crippen molar-refractivity contribution in [3.05, 3.63) is 0 Å². The highest BCUT2D eigenvalue weighted by Gasteiger charge is 2.70. The van der Waals surface area contributed by atoms with Crippen molar-refractivity contribution in [2.75, 3.05) is 0 Å². The smallest absolute Gasteiger partial charge is 0.0159 e. The lowest BCUT2D eigenvalue weighted by atomic mass is 9.68. The van der Waals surface area contributed by atoms with Crippen molar-refractivity contribution in [1.29, 1.82) is 0 Å². The number of hydrogen-bond acceptors (Lipinski definition) is 1. The average Bonchev–Trinajstić information content (AvgIpc) is 2.34. The van der Waals surface area contributed by atoms with E-state index in [1.807, 2.05) is 0 Å². The first-order chi connectivity index (χ1) is 5.82. The summed E-state index contributed by atoms with van der Waals surface area (Å²) >= 11 is 0. The van der Waals surface area contributed by atoms with Crippen molar-refractivity contribution >= 4 is 0 Å². The fraction of sp³-hybridized carbons (Fsp3) is 1.00. The maximum atomic E-state index is 6.23. The van der Waals surface area contributed by atoms with E-state index in [1.54, 1.807) is 0 Å². The van der Waals surface area contributed by atoms with Gasteiger partial charge >= 0.3 is 0 Å². The second-order valence-electron chi connectivity index (χ2n) is 6.55. The van der Waals surface area contributed by atoms with Crippen LogP contribution in [0.4, 0.5) is 0 Å². The molecule has 76 valence electrons. The van der Waals surface area contributed by atoms with E-state index >= 15 is 0 Å². The van der Waals surface area contributed by atoms with Gasteiger partial charge in [0.25, 0.3) is 0 Å². The molecule has 1 spiro atoms. The molecule has 2 saturated carbocycles. The van der Waals surface area contributed by atoms with Gasteiger partial charge in [-0.25, -0.2) is 0 Å². The fourth-order valence-electron chi connectivity index (χ4n) is 3.72. The first kappa shape index (κ1) is 9.51. The highest BCUT2D eigenvalue weighted by Crippen LogP contribution is 2.71. The summed E-state index contributed by atoms with van der Waals surface area (Å²) in [6.45, 7) is 9.49. The van der Waals surface area contributed by atoms with E-state index in [4.69, 9.17) is 5.73 Å². The lowest BCUT2D eigenvalue weighted by molar-refractivity contribution is 0.134. The van der Waals surface area contributed by atoms with Gasteiger partial charge in [-0.3, -0.25) is 0 Å². The van der Waals surface area contributed by atoms with E-state index in [9.17, 15) is 0 Å². The molecule has 0 saturated heterocycles. The molecule has 2 unspecified atom stereocenters. The van der Waals surface area contributed by atoms with Crippen LogP contribution in [-0.2, 0) is 0 Å². The molecule has 0 radical (unpaired) electrons. The summed E-state index contributed by atoms with van der Waals surface area (Å²) in [5.74, 6) is 0. The molecule has 2 atom stereocenters. The van der Waals surface area contributed by atoms with E-state index in [-0.39, 0.29) is 0 Å². The van der Waals surface area contributed by atoms with E-state index in [0.717, 1.165) is 0 Å². The molecule has 2 aliphatic rings. The Hall–Kier alpha value is -0.0400. The predicted molar refractivity (Wildman–Crippen MR) is 56.4 cm³/mol. The zero-order chi connectivity index (χ0) is 9.91. The molecule has 0 aromatic heterocycles. The number of nitrogens with two attached hydrogens (primary N) is 1. The van der Waals surface area contributed by atoms with Crippen molar-refractivity contribution < 1.29 is 0 Å². The number of hydrogen-bond donors (Lipinski definition) is 1. The van der Waals surface area contributed by atoms with Gasteiger partial charge in [0.1, 0.15) is 0 Å². The van der Waals surface area contributed by atoms with E-state index in [1.165, 1.54) is 25.7 Å². The first-order valence-electron chi connectivity index (χ1n) is 5.57. The molecule has 0 heterocycles. The van der Waals surface area contributed by atoms with Crippen LogP contribution in [0.2, 0.25) is 0 Å². The summed E-state index contributed by atoms with van der Waals surface area (Å²) in [6.07, 6.45) is 5.47. The van der Waals surface area contributed by atoms with Gasteiger partial charge in [0.2, 0.25) is 0 Å². The summed E-state index contributed by atoms with van der Waals surface area (Å²) in [5.41, 5.74) is 7.66. The molecule has 0 aromatic rings. The van der Waals surface area contributed by atoms with Gasteiger partial charge in [-0.15, -0.1) is 0 Å². The zero-order valence-corrected chi connectivity index (χ0v) is 9.48. The molecule has 13 heavy (non-hydrogen) atoms. The third kappa shape index (κ3) is 1.09. The van der Waals surface area contributed by atoms with Crippen LogP contribution in [0.1, 0.15) is 53.4 Å². The summed E-state index contributed by atoms with van der Waals surface area (Å²) < 4.78 is 0. The SMILES string of the molecule is CC1(C)CCCC2(C1)C(N)C2(C)C. The van der Waals surface area contributed by atoms with Crippen molar-refractivity contribution in [3.63, 3.8) is 0 Å². The van der Waals surface area contributed by atoms with Gasteiger partial charge in [0.05, 0.1) is 0 Å². The third-order valence-corrected chi connectivity index (χ3v) is 4.84. The Morgan fingerprint density at radius 3 is 1.92 bits per heavy atom. The molecule has 1 heteroatoms. The Balaban J connectivity index is 2.19. The van der Waals surface area contributed by atoms with Crippen molar-refractivity contribution in [1.82, 2.24) is 0 Å². The Morgan fingerprint density at radius 2 is 1.62 bits per heavy atom. The first-order valence-corrected chi connectivity index (χ1v) is 5.57. The van der Waals surface area contributed by atoms with Gasteiger partial charge < -0.3 is 5.73 Å².